The highest BCUT2D eigenvalue weighted by molar-refractivity contribution is 5.78. The molecule has 1 fully saturated rings. The maximum absolute atomic E-state index is 11.5. The van der Waals surface area contributed by atoms with E-state index in [-0.39, 0.29) is 6.04 Å². The highest BCUT2D eigenvalue weighted by Gasteiger charge is 2.35. The van der Waals surface area contributed by atoms with Gasteiger partial charge in [0.1, 0.15) is 5.54 Å². The Labute approximate surface area is 130 Å². The largest absolute Gasteiger partial charge is 0.480 e. The number of rotatable bonds is 6. The third kappa shape index (κ3) is 5.59. The lowest BCUT2D eigenvalue weighted by atomic mass is 9.75. The normalized spacial score (nSPS) is 21.5. The van der Waals surface area contributed by atoms with Gasteiger partial charge in [0.15, 0.2) is 0 Å². The SMILES string of the molecule is CC(C)NC(C)(CCN1CCC(C(C)(C)C)CC1)C(=O)O. The predicted molar refractivity (Wildman–Crippen MR) is 87.5 cm³/mol. The summed E-state index contributed by atoms with van der Waals surface area (Å²) >= 11 is 0. The van der Waals surface area contributed by atoms with Gasteiger partial charge in [-0.05, 0) is 64.5 Å². The van der Waals surface area contributed by atoms with E-state index >= 15 is 0 Å². The van der Waals surface area contributed by atoms with Crippen molar-refractivity contribution in [2.24, 2.45) is 11.3 Å². The van der Waals surface area contributed by atoms with Gasteiger partial charge in [-0.25, -0.2) is 0 Å². The summed E-state index contributed by atoms with van der Waals surface area (Å²) < 4.78 is 0. The van der Waals surface area contributed by atoms with Crippen LogP contribution in [0.5, 0.6) is 0 Å². The van der Waals surface area contributed by atoms with Gasteiger partial charge in [0.05, 0.1) is 0 Å². The van der Waals surface area contributed by atoms with Gasteiger partial charge in [0.2, 0.25) is 0 Å². The molecule has 1 aliphatic heterocycles. The molecular formula is C17H34N2O2. The van der Waals surface area contributed by atoms with Crippen molar-refractivity contribution < 1.29 is 9.90 Å². The fourth-order valence-corrected chi connectivity index (χ4v) is 3.28. The lowest BCUT2D eigenvalue weighted by molar-refractivity contribution is -0.145. The molecule has 1 atom stereocenters. The van der Waals surface area contributed by atoms with Crippen LogP contribution in [0.2, 0.25) is 0 Å². The van der Waals surface area contributed by atoms with Crippen molar-refractivity contribution in [1.29, 1.82) is 0 Å². The number of nitrogens with zero attached hydrogens (tertiary/aromatic N) is 1. The average molecular weight is 298 g/mol. The number of piperidine rings is 1. The van der Waals surface area contributed by atoms with Crippen molar-refractivity contribution in [3.8, 4) is 0 Å². The number of carboxylic acids is 1. The fourth-order valence-electron chi connectivity index (χ4n) is 3.28. The van der Waals surface area contributed by atoms with Gasteiger partial charge in [0.25, 0.3) is 0 Å². The van der Waals surface area contributed by atoms with E-state index in [1.807, 2.05) is 13.8 Å². The van der Waals surface area contributed by atoms with Crippen LogP contribution in [-0.2, 0) is 4.79 Å². The van der Waals surface area contributed by atoms with Gasteiger partial charge < -0.3 is 10.0 Å². The topological polar surface area (TPSA) is 52.6 Å². The Morgan fingerprint density at radius 2 is 1.76 bits per heavy atom. The number of carboxylic acid groups (broad SMARTS) is 1. The van der Waals surface area contributed by atoms with E-state index in [4.69, 9.17) is 0 Å². The Kier molecular flexibility index (Phi) is 6.23. The molecule has 0 radical (unpaired) electrons. The smallest absolute Gasteiger partial charge is 0.323 e. The van der Waals surface area contributed by atoms with Crippen LogP contribution >= 0.6 is 0 Å². The summed E-state index contributed by atoms with van der Waals surface area (Å²) in [5, 5.41) is 12.7. The summed E-state index contributed by atoms with van der Waals surface area (Å²) in [5.41, 5.74) is -0.435. The molecule has 21 heavy (non-hydrogen) atoms. The minimum atomic E-state index is -0.824. The van der Waals surface area contributed by atoms with Crippen molar-refractivity contribution in [2.75, 3.05) is 19.6 Å². The fraction of sp³-hybridized carbons (Fsp3) is 0.941. The second kappa shape index (κ2) is 7.10. The highest BCUT2D eigenvalue weighted by Crippen LogP contribution is 2.34. The molecule has 4 heteroatoms. The molecule has 4 nitrogen and oxygen atoms in total. The third-order valence-electron chi connectivity index (χ3n) is 4.82. The molecule has 0 aliphatic carbocycles. The van der Waals surface area contributed by atoms with E-state index in [0.29, 0.717) is 11.8 Å². The van der Waals surface area contributed by atoms with Gasteiger partial charge >= 0.3 is 5.97 Å². The number of hydrogen-bond donors (Lipinski definition) is 2. The van der Waals surface area contributed by atoms with E-state index in [1.165, 1.54) is 12.8 Å². The summed E-state index contributed by atoms with van der Waals surface area (Å²) in [6.45, 7) is 15.8. The van der Waals surface area contributed by atoms with E-state index in [0.717, 1.165) is 25.6 Å². The Morgan fingerprint density at radius 3 is 2.14 bits per heavy atom. The molecule has 1 unspecified atom stereocenters. The summed E-state index contributed by atoms with van der Waals surface area (Å²) in [6, 6.07) is 0.178. The first-order valence-electron chi connectivity index (χ1n) is 8.28. The number of aliphatic carboxylic acids is 1. The van der Waals surface area contributed by atoms with Crippen molar-refractivity contribution in [3.63, 3.8) is 0 Å². The van der Waals surface area contributed by atoms with E-state index in [9.17, 15) is 9.90 Å². The number of carbonyl (C=O) groups is 1. The van der Waals surface area contributed by atoms with Crippen LogP contribution in [0.3, 0.4) is 0 Å². The molecule has 1 aliphatic rings. The summed E-state index contributed by atoms with van der Waals surface area (Å²) in [5.74, 6) is 0.0363. The number of hydrogen-bond acceptors (Lipinski definition) is 3. The van der Waals surface area contributed by atoms with E-state index < -0.39 is 11.5 Å². The van der Waals surface area contributed by atoms with Crippen LogP contribution < -0.4 is 5.32 Å². The zero-order chi connectivity index (χ0) is 16.3. The third-order valence-corrected chi connectivity index (χ3v) is 4.82. The molecule has 0 spiro atoms. The van der Waals surface area contributed by atoms with Crippen LogP contribution in [0.25, 0.3) is 0 Å². The molecule has 0 bridgehead atoms. The molecule has 124 valence electrons. The van der Waals surface area contributed by atoms with Crippen LogP contribution in [-0.4, -0.2) is 47.2 Å². The minimum Gasteiger partial charge on any atom is -0.480 e. The molecule has 0 aromatic rings. The molecule has 0 aromatic carbocycles. The lowest BCUT2D eigenvalue weighted by Gasteiger charge is -2.40. The van der Waals surface area contributed by atoms with Crippen molar-refractivity contribution in [3.05, 3.63) is 0 Å². The highest BCUT2D eigenvalue weighted by atomic mass is 16.4. The van der Waals surface area contributed by atoms with E-state index in [2.05, 4.69) is 31.0 Å². The Balaban J connectivity index is 2.47. The molecular weight excluding hydrogens is 264 g/mol. The summed E-state index contributed by atoms with van der Waals surface area (Å²) in [7, 11) is 0. The van der Waals surface area contributed by atoms with Crippen LogP contribution in [0.4, 0.5) is 0 Å². The zero-order valence-electron chi connectivity index (χ0n) is 14.7. The zero-order valence-corrected chi connectivity index (χ0v) is 14.7. The van der Waals surface area contributed by atoms with Crippen LogP contribution in [0.15, 0.2) is 0 Å². The van der Waals surface area contributed by atoms with Gasteiger partial charge in [-0.15, -0.1) is 0 Å². The monoisotopic (exact) mass is 298 g/mol. The van der Waals surface area contributed by atoms with Crippen LogP contribution in [0.1, 0.15) is 60.8 Å². The second-order valence-electron chi connectivity index (χ2n) is 8.17. The quantitative estimate of drug-likeness (QED) is 0.791. The molecule has 0 amide bonds. The Morgan fingerprint density at radius 1 is 1.24 bits per heavy atom. The molecule has 2 N–H and O–H groups in total. The molecule has 0 aromatic heterocycles. The van der Waals surface area contributed by atoms with Crippen molar-refractivity contribution in [2.45, 2.75) is 72.4 Å². The number of likely N-dealkylation sites (tertiary alicyclic amines) is 1. The Hall–Kier alpha value is -0.610. The average Bonchev–Trinajstić information content (AvgIpc) is 2.35. The molecule has 1 rings (SSSR count). The maximum Gasteiger partial charge on any atom is 0.323 e. The minimum absolute atomic E-state index is 0.178. The number of nitrogens with one attached hydrogen (secondary N) is 1. The van der Waals surface area contributed by atoms with E-state index in [1.54, 1.807) is 6.92 Å². The van der Waals surface area contributed by atoms with Crippen molar-refractivity contribution >= 4 is 5.97 Å². The van der Waals surface area contributed by atoms with Gasteiger partial charge in [-0.3, -0.25) is 10.1 Å². The summed E-state index contributed by atoms with van der Waals surface area (Å²) in [4.78, 5) is 14.0. The first kappa shape index (κ1) is 18.4. The second-order valence-corrected chi connectivity index (χ2v) is 8.17. The maximum atomic E-state index is 11.5. The van der Waals surface area contributed by atoms with Gasteiger partial charge in [0, 0.05) is 12.6 Å². The molecule has 0 saturated carbocycles. The lowest BCUT2D eigenvalue weighted by Crippen LogP contribution is -2.54. The molecule has 1 heterocycles. The molecule has 1 saturated heterocycles. The predicted octanol–water partition coefficient (Wildman–Crippen LogP) is 2.98. The first-order chi connectivity index (χ1) is 9.54. The van der Waals surface area contributed by atoms with Gasteiger partial charge in [-0.1, -0.05) is 20.8 Å². The van der Waals surface area contributed by atoms with Crippen molar-refractivity contribution in [1.82, 2.24) is 10.2 Å². The van der Waals surface area contributed by atoms with Crippen LogP contribution in [0, 0.1) is 11.3 Å². The standard InChI is InChI=1S/C17H34N2O2/c1-13(2)18-17(6,15(20)21)9-12-19-10-7-14(8-11-19)16(3,4)5/h13-14,18H,7-12H2,1-6H3,(H,20,21). The Bertz CT molecular complexity index is 341. The van der Waals surface area contributed by atoms with Gasteiger partial charge in [-0.2, -0.15) is 0 Å². The first-order valence-corrected chi connectivity index (χ1v) is 8.28. The summed E-state index contributed by atoms with van der Waals surface area (Å²) in [6.07, 6.45) is 3.11.